The molecule has 0 aromatic heterocycles. The number of hydrogen-bond acceptors (Lipinski definition) is 2. The molecule has 1 N–H and O–H groups in total. The van der Waals surface area contributed by atoms with Crippen molar-refractivity contribution in [2.45, 2.75) is 13.3 Å². The first-order chi connectivity index (χ1) is 7.54. The molecule has 1 rings (SSSR count). The number of hydrogen-bond donors (Lipinski definition) is 1. The van der Waals surface area contributed by atoms with Gasteiger partial charge < -0.3 is 9.84 Å². The Labute approximate surface area is 93.2 Å². The normalized spacial score (nSPS) is 9.88. The summed E-state index contributed by atoms with van der Waals surface area (Å²) in [6, 6.07) is 4.38. The van der Waals surface area contributed by atoms with E-state index in [1.165, 1.54) is 12.1 Å². The molecule has 3 nitrogen and oxygen atoms in total. The highest BCUT2D eigenvalue weighted by atomic mass is 19.1. The van der Waals surface area contributed by atoms with E-state index in [1.54, 1.807) is 13.0 Å². The van der Waals surface area contributed by atoms with Gasteiger partial charge in [0, 0.05) is 12.0 Å². The standard InChI is InChI=1S/C12H13FO3/c1-3-16-11-5-4-9(7-10(11)13)6-8(2)12(14)15/h4-5,7H,2-3,6H2,1H3,(H,14,15). The Morgan fingerprint density at radius 3 is 2.75 bits per heavy atom. The van der Waals surface area contributed by atoms with Crippen molar-refractivity contribution in [2.75, 3.05) is 6.61 Å². The van der Waals surface area contributed by atoms with Crippen molar-refractivity contribution >= 4 is 5.97 Å². The van der Waals surface area contributed by atoms with Crippen LogP contribution in [-0.4, -0.2) is 17.7 Å². The van der Waals surface area contributed by atoms with Gasteiger partial charge in [0.2, 0.25) is 0 Å². The first-order valence-corrected chi connectivity index (χ1v) is 4.87. The maximum Gasteiger partial charge on any atom is 0.331 e. The average molecular weight is 224 g/mol. The molecule has 0 bridgehead atoms. The third kappa shape index (κ3) is 3.08. The van der Waals surface area contributed by atoms with Gasteiger partial charge in [-0.3, -0.25) is 0 Å². The van der Waals surface area contributed by atoms with Crippen molar-refractivity contribution in [3.63, 3.8) is 0 Å². The average Bonchev–Trinajstić information content (AvgIpc) is 2.22. The SMILES string of the molecule is C=C(Cc1ccc(OCC)c(F)c1)C(=O)O. The van der Waals surface area contributed by atoms with E-state index in [9.17, 15) is 9.18 Å². The lowest BCUT2D eigenvalue weighted by Crippen LogP contribution is -2.03. The molecule has 4 heteroatoms. The number of aliphatic carboxylic acids is 1. The van der Waals surface area contributed by atoms with E-state index in [0.29, 0.717) is 12.2 Å². The van der Waals surface area contributed by atoms with Gasteiger partial charge in [-0.05, 0) is 24.6 Å². The smallest absolute Gasteiger partial charge is 0.331 e. The van der Waals surface area contributed by atoms with Crippen LogP contribution >= 0.6 is 0 Å². The number of rotatable bonds is 5. The highest BCUT2D eigenvalue weighted by molar-refractivity contribution is 5.86. The van der Waals surface area contributed by atoms with Gasteiger partial charge >= 0.3 is 5.97 Å². The van der Waals surface area contributed by atoms with Crippen LogP contribution in [0.15, 0.2) is 30.4 Å². The van der Waals surface area contributed by atoms with Crippen LogP contribution in [0, 0.1) is 5.82 Å². The summed E-state index contributed by atoms with van der Waals surface area (Å²) in [4.78, 5) is 10.5. The van der Waals surface area contributed by atoms with Crippen LogP contribution in [0.25, 0.3) is 0 Å². The Kier molecular flexibility index (Phi) is 4.05. The van der Waals surface area contributed by atoms with Gasteiger partial charge in [-0.2, -0.15) is 0 Å². The molecule has 0 aliphatic rings. The Hall–Kier alpha value is -1.84. The van der Waals surface area contributed by atoms with E-state index in [1.807, 2.05) is 0 Å². The summed E-state index contributed by atoms with van der Waals surface area (Å²) in [6.07, 6.45) is 0.124. The van der Waals surface area contributed by atoms with Crippen LogP contribution < -0.4 is 4.74 Å². The molecule has 86 valence electrons. The van der Waals surface area contributed by atoms with Gasteiger partial charge in [0.15, 0.2) is 11.6 Å². The molecule has 0 fully saturated rings. The summed E-state index contributed by atoms with van der Waals surface area (Å²) in [5, 5.41) is 8.63. The molecule has 0 unspecified atom stereocenters. The lowest BCUT2D eigenvalue weighted by Gasteiger charge is -2.06. The fraction of sp³-hybridized carbons (Fsp3) is 0.250. The highest BCUT2D eigenvalue weighted by Crippen LogP contribution is 2.19. The van der Waals surface area contributed by atoms with Gasteiger partial charge in [0.1, 0.15) is 0 Å². The summed E-state index contributed by atoms with van der Waals surface area (Å²) in [5.41, 5.74) is 0.594. The zero-order valence-electron chi connectivity index (χ0n) is 9.00. The van der Waals surface area contributed by atoms with Crippen LogP contribution in [0.2, 0.25) is 0 Å². The summed E-state index contributed by atoms with van der Waals surface area (Å²) >= 11 is 0. The first kappa shape index (κ1) is 12.2. The van der Waals surface area contributed by atoms with E-state index in [0.717, 1.165) is 0 Å². The minimum absolute atomic E-state index is 0.0311. The molecule has 0 amide bonds. The fourth-order valence-corrected chi connectivity index (χ4v) is 1.25. The molecule has 0 spiro atoms. The molecular weight excluding hydrogens is 211 g/mol. The largest absolute Gasteiger partial charge is 0.491 e. The van der Waals surface area contributed by atoms with Crippen molar-refractivity contribution in [1.29, 1.82) is 0 Å². The summed E-state index contributed by atoms with van der Waals surface area (Å²) < 4.78 is 18.4. The Balaban J connectivity index is 2.81. The van der Waals surface area contributed by atoms with E-state index in [2.05, 4.69) is 6.58 Å². The molecule has 1 aromatic carbocycles. The van der Waals surface area contributed by atoms with Gasteiger partial charge in [0.25, 0.3) is 0 Å². The maximum absolute atomic E-state index is 13.4. The Bertz CT molecular complexity index is 413. The second-order valence-corrected chi connectivity index (χ2v) is 3.28. The van der Waals surface area contributed by atoms with E-state index < -0.39 is 11.8 Å². The summed E-state index contributed by atoms with van der Waals surface area (Å²) in [6.45, 7) is 5.54. The minimum Gasteiger partial charge on any atom is -0.491 e. The number of carbonyl (C=O) groups is 1. The van der Waals surface area contributed by atoms with Crippen molar-refractivity contribution in [2.24, 2.45) is 0 Å². The quantitative estimate of drug-likeness (QED) is 0.781. The maximum atomic E-state index is 13.4. The van der Waals surface area contributed by atoms with E-state index >= 15 is 0 Å². The second kappa shape index (κ2) is 5.30. The number of halogens is 1. The predicted molar refractivity (Wildman–Crippen MR) is 58.0 cm³/mol. The predicted octanol–water partition coefficient (Wildman–Crippen LogP) is 2.41. The minimum atomic E-state index is -1.07. The zero-order valence-corrected chi connectivity index (χ0v) is 9.00. The highest BCUT2D eigenvalue weighted by Gasteiger charge is 2.08. The third-order valence-electron chi connectivity index (χ3n) is 2.02. The first-order valence-electron chi connectivity index (χ1n) is 4.87. The number of carboxylic acids is 1. The van der Waals surface area contributed by atoms with Gasteiger partial charge in [-0.25, -0.2) is 9.18 Å². The van der Waals surface area contributed by atoms with Crippen molar-refractivity contribution in [1.82, 2.24) is 0 Å². The second-order valence-electron chi connectivity index (χ2n) is 3.28. The monoisotopic (exact) mass is 224 g/mol. The van der Waals surface area contributed by atoms with E-state index in [4.69, 9.17) is 9.84 Å². The van der Waals surface area contributed by atoms with Gasteiger partial charge in [0.05, 0.1) is 6.61 Å². The Morgan fingerprint density at radius 1 is 1.56 bits per heavy atom. The summed E-state index contributed by atoms with van der Waals surface area (Å²) in [5.74, 6) is -1.39. The van der Waals surface area contributed by atoms with Crippen LogP contribution in [0.3, 0.4) is 0 Å². The van der Waals surface area contributed by atoms with Crippen LogP contribution in [0.1, 0.15) is 12.5 Å². The molecular formula is C12H13FO3. The molecule has 0 atom stereocenters. The summed E-state index contributed by atoms with van der Waals surface area (Å²) in [7, 11) is 0. The topological polar surface area (TPSA) is 46.5 Å². The van der Waals surface area contributed by atoms with Crippen LogP contribution in [-0.2, 0) is 11.2 Å². The molecule has 0 aliphatic carbocycles. The number of benzene rings is 1. The molecule has 16 heavy (non-hydrogen) atoms. The lowest BCUT2D eigenvalue weighted by molar-refractivity contribution is -0.132. The van der Waals surface area contributed by atoms with Crippen molar-refractivity contribution in [3.8, 4) is 5.75 Å². The Morgan fingerprint density at radius 2 is 2.25 bits per heavy atom. The van der Waals surface area contributed by atoms with Gasteiger partial charge in [-0.15, -0.1) is 0 Å². The molecule has 1 aromatic rings. The molecule has 0 saturated carbocycles. The van der Waals surface area contributed by atoms with Crippen LogP contribution in [0.5, 0.6) is 5.75 Å². The lowest BCUT2D eigenvalue weighted by atomic mass is 10.1. The van der Waals surface area contributed by atoms with Crippen LogP contribution in [0.4, 0.5) is 4.39 Å². The van der Waals surface area contributed by atoms with Gasteiger partial charge in [-0.1, -0.05) is 12.6 Å². The molecule has 0 heterocycles. The molecule has 0 aliphatic heterocycles. The molecule has 0 radical (unpaired) electrons. The number of ether oxygens (including phenoxy) is 1. The number of carboxylic acid groups (broad SMARTS) is 1. The third-order valence-corrected chi connectivity index (χ3v) is 2.02. The van der Waals surface area contributed by atoms with Crippen molar-refractivity contribution in [3.05, 3.63) is 41.7 Å². The van der Waals surface area contributed by atoms with E-state index in [-0.39, 0.29) is 17.7 Å². The zero-order chi connectivity index (χ0) is 12.1. The van der Waals surface area contributed by atoms with Crippen molar-refractivity contribution < 1.29 is 19.0 Å². The molecule has 0 saturated heterocycles. The fourth-order valence-electron chi connectivity index (χ4n) is 1.25.